The van der Waals surface area contributed by atoms with Gasteiger partial charge in [0.15, 0.2) is 10.8 Å². The smallest absolute Gasteiger partial charge is 0.358 e. The first-order valence-electron chi connectivity index (χ1n) is 8.02. The topological polar surface area (TPSA) is 51.2 Å². The lowest BCUT2D eigenvalue weighted by Gasteiger charge is -2.27. The summed E-state index contributed by atoms with van der Waals surface area (Å²) in [5.74, 6) is 1.35. The van der Waals surface area contributed by atoms with Crippen molar-refractivity contribution in [2.45, 2.75) is 52.9 Å². The summed E-state index contributed by atoms with van der Waals surface area (Å²) in [5.41, 5.74) is 0.457. The molecule has 2 rings (SSSR count). The van der Waals surface area contributed by atoms with Crippen molar-refractivity contribution in [1.82, 2.24) is 4.98 Å². The third kappa shape index (κ3) is 4.43. The Balaban J connectivity index is 1.84. The molecule has 0 atom stereocenters. The summed E-state index contributed by atoms with van der Waals surface area (Å²) in [6.45, 7) is 7.37. The lowest BCUT2D eigenvalue weighted by atomic mass is 9.81. The Morgan fingerprint density at radius 2 is 1.95 bits per heavy atom. The van der Waals surface area contributed by atoms with Gasteiger partial charge in [-0.1, -0.05) is 26.2 Å². The summed E-state index contributed by atoms with van der Waals surface area (Å²) in [6.07, 6.45) is 6.64. The SMILES string of the molecule is CCOC(=O)c1nc(NCC2CCC(CC)CC2)sc1C. The van der Waals surface area contributed by atoms with Crippen LogP contribution in [-0.4, -0.2) is 24.1 Å². The van der Waals surface area contributed by atoms with Crippen molar-refractivity contribution >= 4 is 22.4 Å². The van der Waals surface area contributed by atoms with Gasteiger partial charge >= 0.3 is 5.97 Å². The molecule has 0 aromatic carbocycles. The summed E-state index contributed by atoms with van der Waals surface area (Å²) in [4.78, 5) is 17.0. The van der Waals surface area contributed by atoms with Gasteiger partial charge in [0.2, 0.25) is 0 Å². The molecule has 1 heterocycles. The van der Waals surface area contributed by atoms with E-state index in [1.54, 1.807) is 0 Å². The van der Waals surface area contributed by atoms with E-state index in [1.807, 2.05) is 13.8 Å². The van der Waals surface area contributed by atoms with Crippen LogP contribution in [0.2, 0.25) is 0 Å². The molecule has 0 spiro atoms. The molecule has 1 saturated carbocycles. The van der Waals surface area contributed by atoms with Crippen LogP contribution in [0.15, 0.2) is 0 Å². The third-order valence-corrected chi connectivity index (χ3v) is 5.28. The first-order chi connectivity index (χ1) is 10.1. The van der Waals surface area contributed by atoms with Crippen molar-refractivity contribution in [2.75, 3.05) is 18.5 Å². The Morgan fingerprint density at radius 1 is 1.29 bits per heavy atom. The zero-order chi connectivity index (χ0) is 15.2. The Labute approximate surface area is 131 Å². The number of ether oxygens (including phenoxy) is 1. The zero-order valence-corrected chi connectivity index (χ0v) is 14.1. The van der Waals surface area contributed by atoms with Gasteiger partial charge in [-0.25, -0.2) is 9.78 Å². The van der Waals surface area contributed by atoms with Crippen LogP contribution in [0.25, 0.3) is 0 Å². The van der Waals surface area contributed by atoms with Crippen molar-refractivity contribution < 1.29 is 9.53 Å². The average Bonchev–Trinajstić information content (AvgIpc) is 2.87. The maximum atomic E-state index is 11.7. The maximum absolute atomic E-state index is 11.7. The first kappa shape index (κ1) is 16.3. The van der Waals surface area contributed by atoms with E-state index in [1.165, 1.54) is 43.4 Å². The van der Waals surface area contributed by atoms with Crippen LogP contribution in [0.5, 0.6) is 0 Å². The molecule has 1 aliphatic rings. The van der Waals surface area contributed by atoms with Gasteiger partial charge in [0.05, 0.1) is 6.61 Å². The van der Waals surface area contributed by atoms with Gasteiger partial charge in [-0.3, -0.25) is 0 Å². The van der Waals surface area contributed by atoms with Gasteiger partial charge in [-0.05, 0) is 38.5 Å². The number of hydrogen-bond acceptors (Lipinski definition) is 5. The lowest BCUT2D eigenvalue weighted by Crippen LogP contribution is -2.21. The summed E-state index contributed by atoms with van der Waals surface area (Å²) < 4.78 is 5.02. The molecule has 1 fully saturated rings. The minimum atomic E-state index is -0.317. The molecule has 0 unspecified atom stereocenters. The van der Waals surface area contributed by atoms with Crippen molar-refractivity contribution in [3.63, 3.8) is 0 Å². The van der Waals surface area contributed by atoms with E-state index < -0.39 is 0 Å². The quantitative estimate of drug-likeness (QED) is 0.798. The van der Waals surface area contributed by atoms with Gasteiger partial charge < -0.3 is 10.1 Å². The normalized spacial score (nSPS) is 22.0. The van der Waals surface area contributed by atoms with E-state index in [9.17, 15) is 4.79 Å². The number of esters is 1. The molecule has 0 aliphatic heterocycles. The second-order valence-electron chi connectivity index (χ2n) is 5.82. The highest BCUT2D eigenvalue weighted by Crippen LogP contribution is 2.31. The first-order valence-corrected chi connectivity index (χ1v) is 8.84. The van der Waals surface area contributed by atoms with Crippen LogP contribution in [0.1, 0.15) is 61.3 Å². The van der Waals surface area contributed by atoms with E-state index in [0.29, 0.717) is 12.3 Å². The summed E-state index contributed by atoms with van der Waals surface area (Å²) in [7, 11) is 0. The maximum Gasteiger partial charge on any atom is 0.358 e. The Bertz CT molecular complexity index is 465. The number of rotatable bonds is 6. The van der Waals surface area contributed by atoms with E-state index >= 15 is 0 Å². The molecular formula is C16H26N2O2S. The summed E-state index contributed by atoms with van der Waals surface area (Å²) >= 11 is 1.54. The fraction of sp³-hybridized carbons (Fsp3) is 0.750. The lowest BCUT2D eigenvalue weighted by molar-refractivity contribution is 0.0519. The van der Waals surface area contributed by atoms with Gasteiger partial charge in [0, 0.05) is 11.4 Å². The highest BCUT2D eigenvalue weighted by Gasteiger charge is 2.21. The Kier molecular flexibility index (Phi) is 6.03. The van der Waals surface area contributed by atoms with Crippen LogP contribution in [0.4, 0.5) is 5.13 Å². The van der Waals surface area contributed by atoms with Crippen LogP contribution in [0.3, 0.4) is 0 Å². The fourth-order valence-corrected chi connectivity index (χ4v) is 3.74. The molecule has 5 heteroatoms. The molecular weight excluding hydrogens is 284 g/mol. The minimum absolute atomic E-state index is 0.317. The van der Waals surface area contributed by atoms with Crippen LogP contribution >= 0.6 is 11.3 Å². The number of anilines is 1. The monoisotopic (exact) mass is 310 g/mol. The fourth-order valence-electron chi connectivity index (χ4n) is 2.94. The second-order valence-corrected chi connectivity index (χ2v) is 7.02. The predicted octanol–water partition coefficient (Wildman–Crippen LogP) is 4.26. The van der Waals surface area contributed by atoms with Crippen molar-refractivity contribution in [3.8, 4) is 0 Å². The molecule has 0 radical (unpaired) electrons. The number of carbonyl (C=O) groups excluding carboxylic acids is 1. The molecule has 4 nitrogen and oxygen atoms in total. The largest absolute Gasteiger partial charge is 0.461 e. The van der Waals surface area contributed by atoms with Crippen LogP contribution in [0, 0.1) is 18.8 Å². The van der Waals surface area contributed by atoms with E-state index in [2.05, 4.69) is 17.2 Å². The number of aryl methyl sites for hydroxylation is 1. The third-order valence-electron chi connectivity index (χ3n) is 4.35. The van der Waals surface area contributed by atoms with Crippen molar-refractivity contribution in [2.24, 2.45) is 11.8 Å². The second kappa shape index (κ2) is 7.78. The van der Waals surface area contributed by atoms with Gasteiger partial charge in [-0.2, -0.15) is 0 Å². The van der Waals surface area contributed by atoms with E-state index in [-0.39, 0.29) is 5.97 Å². The number of nitrogens with zero attached hydrogens (tertiary/aromatic N) is 1. The molecule has 21 heavy (non-hydrogen) atoms. The van der Waals surface area contributed by atoms with E-state index in [0.717, 1.165) is 28.4 Å². The van der Waals surface area contributed by atoms with Crippen LogP contribution in [-0.2, 0) is 4.74 Å². The average molecular weight is 310 g/mol. The van der Waals surface area contributed by atoms with Gasteiger partial charge in [0.25, 0.3) is 0 Å². The Hall–Kier alpha value is -1.10. The number of nitrogens with one attached hydrogen (secondary N) is 1. The van der Waals surface area contributed by atoms with Gasteiger partial charge in [-0.15, -0.1) is 11.3 Å². The van der Waals surface area contributed by atoms with Gasteiger partial charge in [0.1, 0.15) is 0 Å². The molecule has 1 aromatic rings. The highest BCUT2D eigenvalue weighted by molar-refractivity contribution is 7.15. The van der Waals surface area contributed by atoms with E-state index in [4.69, 9.17) is 4.74 Å². The van der Waals surface area contributed by atoms with Crippen molar-refractivity contribution in [3.05, 3.63) is 10.6 Å². The molecule has 1 N–H and O–H groups in total. The molecule has 0 bridgehead atoms. The molecule has 118 valence electrons. The number of hydrogen-bond donors (Lipinski definition) is 1. The molecule has 0 amide bonds. The molecule has 1 aromatic heterocycles. The number of aromatic nitrogens is 1. The van der Waals surface area contributed by atoms with Crippen LogP contribution < -0.4 is 5.32 Å². The van der Waals surface area contributed by atoms with Crippen molar-refractivity contribution in [1.29, 1.82) is 0 Å². The standard InChI is InChI=1S/C16H26N2O2S/c1-4-12-6-8-13(9-7-12)10-17-16-18-14(11(3)21-16)15(19)20-5-2/h12-13H,4-10H2,1-3H3,(H,17,18). The number of carbonyl (C=O) groups is 1. The summed E-state index contributed by atoms with van der Waals surface area (Å²) in [6, 6.07) is 0. The minimum Gasteiger partial charge on any atom is -0.461 e. The highest BCUT2D eigenvalue weighted by atomic mass is 32.1. The predicted molar refractivity (Wildman–Crippen MR) is 87.0 cm³/mol. The Morgan fingerprint density at radius 3 is 2.57 bits per heavy atom. The number of thiazole rings is 1. The summed E-state index contributed by atoms with van der Waals surface area (Å²) in [5, 5.41) is 4.25. The zero-order valence-electron chi connectivity index (χ0n) is 13.3. The molecule has 1 aliphatic carbocycles. The molecule has 0 saturated heterocycles.